The normalized spacial score (nSPS) is 12.1. The molecule has 11 heteroatoms. The van der Waals surface area contributed by atoms with Crippen molar-refractivity contribution in [3.05, 3.63) is 32.7 Å². The van der Waals surface area contributed by atoms with Gasteiger partial charge in [-0.2, -0.15) is 28.1 Å². The first-order valence-corrected chi connectivity index (χ1v) is 7.66. The molecule has 3 aromatic heterocycles. The lowest BCUT2D eigenvalue weighted by atomic mass is 10.1. The molecule has 3 rings (SSSR count). The van der Waals surface area contributed by atoms with E-state index in [-0.39, 0.29) is 31.4 Å². The molecule has 0 aliphatic heterocycles. The Kier molecular flexibility index (Phi) is 3.81. The SMILES string of the molecule is Cn1ccc(-n2nc(C(F)(F)F)c(-c3cc(Cl)sc3Cl)c2N)n1. The summed E-state index contributed by atoms with van der Waals surface area (Å²) in [5.74, 6) is -0.0495. The first-order valence-electron chi connectivity index (χ1n) is 6.09. The van der Waals surface area contributed by atoms with Crippen molar-refractivity contribution in [3.63, 3.8) is 0 Å². The average molecular weight is 382 g/mol. The first-order chi connectivity index (χ1) is 10.7. The zero-order valence-electron chi connectivity index (χ0n) is 11.4. The quantitative estimate of drug-likeness (QED) is 0.721. The van der Waals surface area contributed by atoms with Gasteiger partial charge < -0.3 is 5.73 Å². The molecule has 0 atom stereocenters. The zero-order chi connectivity index (χ0) is 16.9. The molecule has 23 heavy (non-hydrogen) atoms. The molecular weight excluding hydrogens is 374 g/mol. The number of thiophene rings is 1. The molecule has 0 fully saturated rings. The van der Waals surface area contributed by atoms with Crippen LogP contribution in [-0.2, 0) is 13.2 Å². The number of hydrogen-bond acceptors (Lipinski definition) is 4. The number of alkyl halides is 3. The number of nitrogens with zero attached hydrogens (tertiary/aromatic N) is 4. The minimum atomic E-state index is -4.71. The molecule has 3 aromatic rings. The highest BCUT2D eigenvalue weighted by Gasteiger charge is 2.40. The maximum Gasteiger partial charge on any atom is 0.435 e. The van der Waals surface area contributed by atoms with Gasteiger partial charge in [0.05, 0.1) is 9.90 Å². The molecule has 0 bridgehead atoms. The van der Waals surface area contributed by atoms with Gasteiger partial charge in [0.25, 0.3) is 0 Å². The molecular formula is C12H8Cl2F3N5S. The van der Waals surface area contributed by atoms with Crippen LogP contribution < -0.4 is 5.73 Å². The van der Waals surface area contributed by atoms with E-state index < -0.39 is 11.9 Å². The van der Waals surface area contributed by atoms with Crippen LogP contribution in [0.25, 0.3) is 16.9 Å². The summed E-state index contributed by atoms with van der Waals surface area (Å²) in [7, 11) is 1.63. The highest BCUT2D eigenvalue weighted by molar-refractivity contribution is 7.20. The lowest BCUT2D eigenvalue weighted by Crippen LogP contribution is -2.09. The minimum Gasteiger partial charge on any atom is -0.383 e. The van der Waals surface area contributed by atoms with Crippen molar-refractivity contribution in [1.82, 2.24) is 19.6 Å². The third-order valence-corrected chi connectivity index (χ3v) is 4.52. The second kappa shape index (κ2) is 5.43. The van der Waals surface area contributed by atoms with Crippen molar-refractivity contribution < 1.29 is 13.2 Å². The van der Waals surface area contributed by atoms with Gasteiger partial charge in [-0.25, -0.2) is 0 Å². The van der Waals surface area contributed by atoms with Crippen molar-refractivity contribution in [1.29, 1.82) is 0 Å². The van der Waals surface area contributed by atoms with Crippen LogP contribution in [0.5, 0.6) is 0 Å². The van der Waals surface area contributed by atoms with Gasteiger partial charge in [-0.3, -0.25) is 4.68 Å². The Morgan fingerprint density at radius 2 is 1.96 bits per heavy atom. The van der Waals surface area contributed by atoms with E-state index in [1.54, 1.807) is 13.2 Å². The van der Waals surface area contributed by atoms with Crippen molar-refractivity contribution in [2.24, 2.45) is 7.05 Å². The van der Waals surface area contributed by atoms with Crippen LogP contribution in [0.4, 0.5) is 19.0 Å². The Morgan fingerprint density at radius 3 is 2.43 bits per heavy atom. The second-order valence-corrected chi connectivity index (χ2v) is 6.89. The summed E-state index contributed by atoms with van der Waals surface area (Å²) < 4.78 is 42.8. The molecule has 3 heterocycles. The predicted molar refractivity (Wildman–Crippen MR) is 83.1 cm³/mol. The van der Waals surface area contributed by atoms with Gasteiger partial charge >= 0.3 is 6.18 Å². The molecule has 0 aromatic carbocycles. The van der Waals surface area contributed by atoms with Gasteiger partial charge in [0.1, 0.15) is 10.2 Å². The Bertz CT molecular complexity index is 880. The predicted octanol–water partition coefficient (Wildman–Crippen LogP) is 4.24. The highest BCUT2D eigenvalue weighted by atomic mass is 35.5. The van der Waals surface area contributed by atoms with E-state index in [9.17, 15) is 13.2 Å². The summed E-state index contributed by atoms with van der Waals surface area (Å²) in [5, 5.41) is 7.60. The molecule has 5 nitrogen and oxygen atoms in total. The topological polar surface area (TPSA) is 61.7 Å². The standard InChI is InChI=1S/C12H8Cl2F3N5S/c1-21-3-2-7(19-21)22-11(18)8(9(20-22)12(15,16)17)5-4-6(13)23-10(5)14/h2-4H,18H2,1H3. The number of halogens is 5. The van der Waals surface area contributed by atoms with E-state index >= 15 is 0 Å². The number of aromatic nitrogens is 4. The fraction of sp³-hybridized carbons (Fsp3) is 0.167. The largest absolute Gasteiger partial charge is 0.435 e. The number of nitrogen functional groups attached to an aromatic ring is 1. The van der Waals surface area contributed by atoms with Crippen LogP contribution in [0.1, 0.15) is 5.69 Å². The first kappa shape index (κ1) is 16.2. The van der Waals surface area contributed by atoms with Crippen molar-refractivity contribution >= 4 is 40.4 Å². The minimum absolute atomic E-state index is 0.0914. The Morgan fingerprint density at radius 1 is 1.26 bits per heavy atom. The number of rotatable bonds is 2. The molecule has 0 spiro atoms. The molecule has 0 aliphatic carbocycles. The van der Waals surface area contributed by atoms with Gasteiger partial charge in [0.15, 0.2) is 11.5 Å². The Labute approximate surface area is 142 Å². The summed E-state index contributed by atoms with van der Waals surface area (Å²) in [6.45, 7) is 0. The third kappa shape index (κ3) is 2.79. The van der Waals surface area contributed by atoms with Crippen LogP contribution in [0, 0.1) is 0 Å². The van der Waals surface area contributed by atoms with E-state index in [0.29, 0.717) is 0 Å². The number of nitrogens with two attached hydrogens (primary N) is 1. The summed E-state index contributed by atoms with van der Waals surface area (Å²) in [6.07, 6.45) is -3.14. The number of hydrogen-bond donors (Lipinski definition) is 1. The molecule has 0 saturated carbocycles. The van der Waals surface area contributed by atoms with Crippen LogP contribution in [0.3, 0.4) is 0 Å². The van der Waals surface area contributed by atoms with Crippen LogP contribution in [0.2, 0.25) is 8.67 Å². The summed E-state index contributed by atoms with van der Waals surface area (Å²) >= 11 is 12.8. The molecule has 0 aliphatic rings. The van der Waals surface area contributed by atoms with E-state index in [2.05, 4.69) is 10.2 Å². The van der Waals surface area contributed by atoms with E-state index in [1.807, 2.05) is 0 Å². The lowest BCUT2D eigenvalue weighted by Gasteiger charge is -2.05. The third-order valence-electron chi connectivity index (χ3n) is 3.03. The number of aryl methyl sites for hydroxylation is 1. The Hall–Kier alpha value is -1.71. The van der Waals surface area contributed by atoms with Gasteiger partial charge in [-0.05, 0) is 6.07 Å². The van der Waals surface area contributed by atoms with E-state index in [0.717, 1.165) is 16.0 Å². The zero-order valence-corrected chi connectivity index (χ0v) is 13.7. The average Bonchev–Trinajstić information content (AvgIpc) is 3.07. The summed E-state index contributed by atoms with van der Waals surface area (Å²) in [6, 6.07) is 2.83. The van der Waals surface area contributed by atoms with Gasteiger partial charge in [0, 0.05) is 24.9 Å². The van der Waals surface area contributed by atoms with Crippen molar-refractivity contribution in [2.75, 3.05) is 5.73 Å². The van der Waals surface area contributed by atoms with E-state index in [4.69, 9.17) is 28.9 Å². The number of anilines is 1. The summed E-state index contributed by atoms with van der Waals surface area (Å²) in [4.78, 5) is 0. The molecule has 122 valence electrons. The highest BCUT2D eigenvalue weighted by Crippen LogP contribution is 2.46. The molecule has 0 radical (unpaired) electrons. The second-order valence-electron chi connectivity index (χ2n) is 4.60. The van der Waals surface area contributed by atoms with Gasteiger partial charge in [-0.15, -0.1) is 11.3 Å². The maximum absolute atomic E-state index is 13.4. The van der Waals surface area contributed by atoms with Crippen LogP contribution in [0.15, 0.2) is 18.3 Å². The molecule has 0 unspecified atom stereocenters. The lowest BCUT2D eigenvalue weighted by molar-refractivity contribution is -0.140. The maximum atomic E-state index is 13.4. The fourth-order valence-corrected chi connectivity index (χ4v) is 3.57. The van der Waals surface area contributed by atoms with E-state index in [1.165, 1.54) is 16.8 Å². The van der Waals surface area contributed by atoms with Crippen molar-refractivity contribution in [3.8, 4) is 16.9 Å². The Balaban J connectivity index is 2.29. The molecule has 0 saturated heterocycles. The van der Waals surface area contributed by atoms with Crippen LogP contribution in [-0.4, -0.2) is 19.6 Å². The monoisotopic (exact) mass is 381 g/mol. The van der Waals surface area contributed by atoms with Gasteiger partial charge in [0.2, 0.25) is 0 Å². The molecule has 2 N–H and O–H groups in total. The smallest absolute Gasteiger partial charge is 0.383 e. The molecule has 0 amide bonds. The van der Waals surface area contributed by atoms with Crippen molar-refractivity contribution in [2.45, 2.75) is 6.18 Å². The van der Waals surface area contributed by atoms with Gasteiger partial charge in [-0.1, -0.05) is 23.2 Å². The fourth-order valence-electron chi connectivity index (χ4n) is 2.10. The summed E-state index contributed by atoms with van der Waals surface area (Å²) in [5.41, 5.74) is 4.55. The van der Waals surface area contributed by atoms with Crippen LogP contribution >= 0.6 is 34.5 Å².